The lowest BCUT2D eigenvalue weighted by Gasteiger charge is -2.39. The maximum atomic E-state index is 14.0. The summed E-state index contributed by atoms with van der Waals surface area (Å²) in [6.45, 7) is 2.96. The zero-order valence-corrected chi connectivity index (χ0v) is 19.8. The maximum Gasteiger partial charge on any atom is 0.439 e. The molecular formula is C23H21F9N2O4. The molecule has 2 aromatic rings. The normalized spacial score (nSPS) is 14.4. The Morgan fingerprint density at radius 2 is 1.37 bits per heavy atom. The highest BCUT2D eigenvalue weighted by Crippen LogP contribution is 2.45. The van der Waals surface area contributed by atoms with Crippen LogP contribution in [0, 0.1) is 13.8 Å². The molecular weight excluding hydrogens is 539 g/mol. The second kappa shape index (κ2) is 10.3. The van der Waals surface area contributed by atoms with E-state index in [1.54, 1.807) is 6.92 Å². The summed E-state index contributed by atoms with van der Waals surface area (Å²) in [6, 6.07) is 5.58. The minimum Gasteiger partial charge on any atom is -0.463 e. The fourth-order valence-electron chi connectivity index (χ4n) is 3.29. The molecule has 2 rings (SSSR count). The lowest BCUT2D eigenvalue weighted by atomic mass is 9.91. The van der Waals surface area contributed by atoms with Crippen LogP contribution in [-0.4, -0.2) is 47.8 Å². The Balaban J connectivity index is 2.63. The summed E-state index contributed by atoms with van der Waals surface area (Å²) in [5, 5.41) is 12.2. The third kappa shape index (κ3) is 5.66. The number of amides is 1. The van der Waals surface area contributed by atoms with Crippen LogP contribution in [0.4, 0.5) is 45.2 Å². The van der Waals surface area contributed by atoms with E-state index < -0.39 is 70.7 Å². The maximum absolute atomic E-state index is 14.0. The Bertz CT molecular complexity index is 1160. The molecule has 2 aromatic carbocycles. The predicted octanol–water partition coefficient (Wildman–Crippen LogP) is 5.28. The van der Waals surface area contributed by atoms with Gasteiger partial charge in [0.2, 0.25) is 0 Å². The zero-order valence-electron chi connectivity index (χ0n) is 19.8. The molecule has 38 heavy (non-hydrogen) atoms. The summed E-state index contributed by atoms with van der Waals surface area (Å²) in [5.41, 5.74) is -12.2. The first-order chi connectivity index (χ1) is 17.2. The zero-order chi connectivity index (χ0) is 29.3. The quantitative estimate of drug-likeness (QED) is 0.244. The third-order valence-corrected chi connectivity index (χ3v) is 5.41. The van der Waals surface area contributed by atoms with Crippen LogP contribution in [0.2, 0.25) is 0 Å². The molecule has 1 atom stereocenters. The first-order valence-corrected chi connectivity index (χ1v) is 10.6. The number of hydrogen-bond acceptors (Lipinski definition) is 5. The van der Waals surface area contributed by atoms with Gasteiger partial charge in [0.25, 0.3) is 11.5 Å². The molecule has 210 valence electrons. The molecule has 0 radical (unpaired) electrons. The van der Waals surface area contributed by atoms with Gasteiger partial charge in [0, 0.05) is 16.8 Å². The van der Waals surface area contributed by atoms with Gasteiger partial charge in [0.05, 0.1) is 6.61 Å². The molecule has 0 fully saturated rings. The van der Waals surface area contributed by atoms with Crippen molar-refractivity contribution in [1.29, 1.82) is 0 Å². The van der Waals surface area contributed by atoms with E-state index in [4.69, 9.17) is 0 Å². The lowest BCUT2D eigenvalue weighted by molar-refractivity contribution is -0.294. The van der Waals surface area contributed by atoms with E-state index in [1.165, 1.54) is 12.1 Å². The number of benzene rings is 2. The lowest BCUT2D eigenvalue weighted by Crippen LogP contribution is -2.72. The molecule has 3 N–H and O–H groups in total. The van der Waals surface area contributed by atoms with Crippen LogP contribution in [0.5, 0.6) is 0 Å². The topological polar surface area (TPSA) is 87.7 Å². The molecule has 0 unspecified atom stereocenters. The molecule has 1 amide bonds. The van der Waals surface area contributed by atoms with Crippen LogP contribution in [0.25, 0.3) is 0 Å². The van der Waals surface area contributed by atoms with Gasteiger partial charge in [0.15, 0.2) is 0 Å². The van der Waals surface area contributed by atoms with Crippen molar-refractivity contribution in [2.45, 2.75) is 50.6 Å². The van der Waals surface area contributed by atoms with Gasteiger partial charge in [-0.1, -0.05) is 29.8 Å². The van der Waals surface area contributed by atoms with Crippen molar-refractivity contribution in [2.24, 2.45) is 0 Å². The molecule has 15 heteroatoms. The van der Waals surface area contributed by atoms with Crippen molar-refractivity contribution in [1.82, 2.24) is 5.32 Å². The van der Waals surface area contributed by atoms with E-state index in [1.807, 2.05) is 0 Å². The summed E-state index contributed by atoms with van der Waals surface area (Å²) in [5.74, 6) is -3.91. The minimum absolute atomic E-state index is 0.305. The highest BCUT2D eigenvalue weighted by atomic mass is 19.4. The van der Waals surface area contributed by atoms with Gasteiger partial charge < -0.3 is 20.5 Å². The molecule has 0 saturated heterocycles. The van der Waals surface area contributed by atoms with E-state index in [2.05, 4.69) is 4.74 Å². The number of hydrogen-bond donors (Lipinski definition) is 3. The number of anilines is 1. The number of alkyl halides is 9. The molecule has 0 saturated carbocycles. The Morgan fingerprint density at radius 1 is 0.842 bits per heavy atom. The van der Waals surface area contributed by atoms with Gasteiger partial charge in [0.1, 0.15) is 0 Å². The second-order valence-electron chi connectivity index (χ2n) is 8.15. The van der Waals surface area contributed by atoms with Crippen molar-refractivity contribution >= 4 is 17.6 Å². The molecule has 0 aliphatic rings. The standard InChI is InChI=1S/C23H21F9N2O4/c1-4-38-18(36)19(37,21(24,25)26)15-9-10-16(13(3)11-15)33-20(22(27,28)29,23(30,31)32)34-17(35)14-7-5-12(2)6-8-14/h5-11,33,37H,4H2,1-3H3,(H,34,35)/t19-/m0/s1. The van der Waals surface area contributed by atoms with E-state index in [-0.39, 0.29) is 0 Å². The van der Waals surface area contributed by atoms with E-state index >= 15 is 0 Å². The highest BCUT2D eigenvalue weighted by Gasteiger charge is 2.73. The number of rotatable bonds is 7. The Kier molecular flexibility index (Phi) is 8.37. The van der Waals surface area contributed by atoms with Crippen LogP contribution < -0.4 is 10.6 Å². The molecule has 0 bridgehead atoms. The molecule has 0 aliphatic heterocycles. The highest BCUT2D eigenvalue weighted by molar-refractivity contribution is 5.95. The number of halogens is 9. The summed E-state index contributed by atoms with van der Waals surface area (Å²) >= 11 is 0. The van der Waals surface area contributed by atoms with E-state index in [9.17, 15) is 54.2 Å². The summed E-state index contributed by atoms with van der Waals surface area (Å²) < 4.78 is 129. The number of carbonyl (C=O) groups excluding carboxylic acids is 2. The van der Waals surface area contributed by atoms with Crippen molar-refractivity contribution < 1.29 is 58.9 Å². The first kappa shape index (κ1) is 30.7. The van der Waals surface area contributed by atoms with Gasteiger partial charge in [-0.2, -0.15) is 39.5 Å². The smallest absolute Gasteiger partial charge is 0.439 e. The van der Waals surface area contributed by atoms with E-state index in [0.717, 1.165) is 36.6 Å². The fraction of sp³-hybridized carbons (Fsp3) is 0.391. The Labute approximate surface area is 209 Å². The van der Waals surface area contributed by atoms with Gasteiger partial charge in [-0.05, 0) is 44.5 Å². The van der Waals surface area contributed by atoms with Gasteiger partial charge in [-0.25, -0.2) is 4.79 Å². The largest absolute Gasteiger partial charge is 0.463 e. The SMILES string of the molecule is CCOC(=O)[C@@](O)(c1ccc(NC(NC(=O)c2ccc(C)cc2)(C(F)(F)F)C(F)(F)F)c(C)c1)C(F)(F)F. The van der Waals surface area contributed by atoms with Crippen molar-refractivity contribution in [3.05, 3.63) is 64.7 Å². The van der Waals surface area contributed by atoms with Gasteiger partial charge in [-0.15, -0.1) is 0 Å². The average Bonchev–Trinajstić information content (AvgIpc) is 2.77. The minimum atomic E-state index is -6.21. The summed E-state index contributed by atoms with van der Waals surface area (Å²) in [7, 11) is 0. The summed E-state index contributed by atoms with van der Waals surface area (Å²) in [6.07, 6.45) is -18.1. The number of carbonyl (C=O) groups is 2. The van der Waals surface area contributed by atoms with Crippen molar-refractivity contribution in [3.63, 3.8) is 0 Å². The van der Waals surface area contributed by atoms with Gasteiger partial charge in [-0.3, -0.25) is 4.79 Å². The van der Waals surface area contributed by atoms with Crippen molar-refractivity contribution in [3.8, 4) is 0 Å². The number of nitrogens with one attached hydrogen (secondary N) is 2. The van der Waals surface area contributed by atoms with Crippen LogP contribution in [-0.2, 0) is 15.1 Å². The second-order valence-corrected chi connectivity index (χ2v) is 8.15. The van der Waals surface area contributed by atoms with Gasteiger partial charge >= 0.3 is 30.2 Å². The summed E-state index contributed by atoms with van der Waals surface area (Å²) in [4.78, 5) is 24.3. The van der Waals surface area contributed by atoms with Crippen LogP contribution in [0.15, 0.2) is 42.5 Å². The number of ether oxygens (including phenoxy) is 1. The molecule has 0 aromatic heterocycles. The average molecular weight is 560 g/mol. The number of aryl methyl sites for hydroxylation is 2. The molecule has 0 aliphatic carbocycles. The third-order valence-electron chi connectivity index (χ3n) is 5.41. The number of aliphatic hydroxyl groups is 1. The molecule has 0 heterocycles. The Hall–Kier alpha value is -3.49. The predicted molar refractivity (Wildman–Crippen MR) is 115 cm³/mol. The molecule has 6 nitrogen and oxygen atoms in total. The van der Waals surface area contributed by atoms with E-state index in [0.29, 0.717) is 23.8 Å². The monoisotopic (exact) mass is 560 g/mol. The Morgan fingerprint density at radius 3 is 1.79 bits per heavy atom. The van der Waals surface area contributed by atoms with Crippen LogP contribution in [0.1, 0.15) is 34.0 Å². The van der Waals surface area contributed by atoms with Crippen LogP contribution >= 0.6 is 0 Å². The molecule has 0 spiro atoms. The number of esters is 1. The van der Waals surface area contributed by atoms with Crippen molar-refractivity contribution in [2.75, 3.05) is 11.9 Å². The fourth-order valence-corrected chi connectivity index (χ4v) is 3.29. The first-order valence-electron chi connectivity index (χ1n) is 10.6. The van der Waals surface area contributed by atoms with Crippen LogP contribution in [0.3, 0.4) is 0 Å².